The maximum Gasteiger partial charge on any atom is 0.433 e. The van der Waals surface area contributed by atoms with Gasteiger partial charge in [0.05, 0.1) is 5.56 Å². The molecule has 0 aromatic carbocycles. The Kier molecular flexibility index (Phi) is 4.14. The number of nitrogens with zero attached hydrogens (tertiary/aromatic N) is 3. The first-order chi connectivity index (χ1) is 9.47. The Morgan fingerprint density at radius 3 is 2.85 bits per heavy atom. The van der Waals surface area contributed by atoms with E-state index < -0.39 is 11.9 Å². The average Bonchev–Trinajstić information content (AvgIpc) is 2.85. The van der Waals surface area contributed by atoms with Crippen molar-refractivity contribution in [1.82, 2.24) is 10.3 Å². The summed E-state index contributed by atoms with van der Waals surface area (Å²) in [5, 5.41) is 12.1. The van der Waals surface area contributed by atoms with E-state index >= 15 is 0 Å². The summed E-state index contributed by atoms with van der Waals surface area (Å²) in [6.45, 7) is 1.28. The van der Waals surface area contributed by atoms with Gasteiger partial charge in [0, 0.05) is 19.1 Å². The predicted octanol–water partition coefficient (Wildman–Crippen LogP) is 2.16. The molecule has 1 aliphatic rings. The van der Waals surface area contributed by atoms with E-state index in [9.17, 15) is 13.2 Å². The lowest BCUT2D eigenvalue weighted by Crippen LogP contribution is -2.38. The summed E-state index contributed by atoms with van der Waals surface area (Å²) < 4.78 is 38.3. The van der Waals surface area contributed by atoms with Crippen molar-refractivity contribution >= 4 is 5.82 Å². The monoisotopic (exact) mass is 284 g/mol. The van der Waals surface area contributed by atoms with Crippen LogP contribution in [-0.2, 0) is 6.18 Å². The molecule has 1 aromatic heterocycles. The molecule has 2 heterocycles. The maximum absolute atomic E-state index is 12.8. The Morgan fingerprint density at radius 2 is 2.25 bits per heavy atom. The second-order valence-electron chi connectivity index (χ2n) is 4.72. The van der Waals surface area contributed by atoms with Gasteiger partial charge in [-0.15, -0.1) is 0 Å². The van der Waals surface area contributed by atoms with Gasteiger partial charge >= 0.3 is 6.18 Å². The van der Waals surface area contributed by atoms with Gasteiger partial charge in [-0.25, -0.2) is 4.98 Å². The molecule has 0 amide bonds. The van der Waals surface area contributed by atoms with Gasteiger partial charge in [0.1, 0.15) is 17.6 Å². The summed E-state index contributed by atoms with van der Waals surface area (Å²) in [5.41, 5.74) is -0.775. The van der Waals surface area contributed by atoms with Gasteiger partial charge < -0.3 is 10.2 Å². The zero-order valence-electron chi connectivity index (χ0n) is 11.0. The first-order valence-electron chi connectivity index (χ1n) is 6.37. The number of nitriles is 1. The van der Waals surface area contributed by atoms with E-state index in [1.54, 1.807) is 11.9 Å². The third-order valence-corrected chi connectivity index (χ3v) is 3.37. The zero-order valence-corrected chi connectivity index (χ0v) is 11.0. The van der Waals surface area contributed by atoms with E-state index in [1.165, 1.54) is 6.07 Å². The van der Waals surface area contributed by atoms with E-state index in [0.29, 0.717) is 13.1 Å². The van der Waals surface area contributed by atoms with Gasteiger partial charge in [-0.05, 0) is 32.0 Å². The highest BCUT2D eigenvalue weighted by atomic mass is 19.4. The largest absolute Gasteiger partial charge is 0.433 e. The van der Waals surface area contributed by atoms with Crippen molar-refractivity contribution in [1.29, 1.82) is 5.26 Å². The van der Waals surface area contributed by atoms with Crippen molar-refractivity contribution < 1.29 is 13.2 Å². The Bertz CT molecular complexity index is 521. The van der Waals surface area contributed by atoms with E-state index in [2.05, 4.69) is 10.3 Å². The standard InChI is InChI=1S/C13H15F3N4/c1-18-8-10-3-2-6-20(10)12-9(7-17)4-5-11(19-12)13(14,15)16/h4-5,10,18H,2-3,6,8H2,1H3. The minimum absolute atomic E-state index is 0.0723. The van der Waals surface area contributed by atoms with Gasteiger partial charge in [0.2, 0.25) is 0 Å². The molecule has 1 N–H and O–H groups in total. The van der Waals surface area contributed by atoms with E-state index in [-0.39, 0.29) is 17.4 Å². The van der Waals surface area contributed by atoms with Crippen LogP contribution in [0.3, 0.4) is 0 Å². The van der Waals surface area contributed by atoms with Crippen LogP contribution in [0.4, 0.5) is 19.0 Å². The molecule has 108 valence electrons. The predicted molar refractivity (Wildman–Crippen MR) is 68.2 cm³/mol. The maximum atomic E-state index is 12.8. The Morgan fingerprint density at radius 1 is 1.50 bits per heavy atom. The summed E-state index contributed by atoms with van der Waals surface area (Å²) in [6, 6.07) is 4.04. The van der Waals surface area contributed by atoms with Gasteiger partial charge in [0.15, 0.2) is 0 Å². The lowest BCUT2D eigenvalue weighted by molar-refractivity contribution is -0.141. The van der Waals surface area contributed by atoms with E-state index in [0.717, 1.165) is 18.9 Å². The summed E-state index contributed by atoms with van der Waals surface area (Å²) in [4.78, 5) is 5.48. The van der Waals surface area contributed by atoms with Gasteiger partial charge in [-0.3, -0.25) is 0 Å². The molecule has 1 aromatic rings. The van der Waals surface area contributed by atoms with Gasteiger partial charge in [-0.1, -0.05) is 0 Å². The number of hydrogen-bond donors (Lipinski definition) is 1. The molecule has 0 bridgehead atoms. The fraction of sp³-hybridized carbons (Fsp3) is 0.538. The lowest BCUT2D eigenvalue weighted by atomic mass is 10.2. The Balaban J connectivity index is 2.41. The van der Waals surface area contributed by atoms with Crippen LogP contribution in [-0.4, -0.2) is 31.2 Å². The fourth-order valence-corrected chi connectivity index (χ4v) is 2.47. The number of alkyl halides is 3. The number of aromatic nitrogens is 1. The quantitative estimate of drug-likeness (QED) is 0.924. The molecular formula is C13H15F3N4. The minimum Gasteiger partial charge on any atom is -0.351 e. The molecule has 0 spiro atoms. The number of likely N-dealkylation sites (N-methyl/N-ethyl adjacent to an activating group) is 1. The van der Waals surface area contributed by atoms with Gasteiger partial charge in [0.25, 0.3) is 0 Å². The van der Waals surface area contributed by atoms with Gasteiger partial charge in [-0.2, -0.15) is 18.4 Å². The van der Waals surface area contributed by atoms with Crippen molar-refractivity contribution in [3.8, 4) is 6.07 Å². The smallest absolute Gasteiger partial charge is 0.351 e. The number of pyridine rings is 1. The van der Waals surface area contributed by atoms with Crippen LogP contribution in [0.25, 0.3) is 0 Å². The number of halogens is 3. The van der Waals surface area contributed by atoms with Crippen molar-refractivity contribution in [2.75, 3.05) is 25.0 Å². The molecule has 1 unspecified atom stereocenters. The number of nitrogens with one attached hydrogen (secondary N) is 1. The van der Waals surface area contributed by atoms with Crippen LogP contribution in [0.1, 0.15) is 24.1 Å². The number of hydrogen-bond acceptors (Lipinski definition) is 4. The molecule has 20 heavy (non-hydrogen) atoms. The zero-order chi connectivity index (χ0) is 14.8. The topological polar surface area (TPSA) is 52.0 Å². The molecule has 1 atom stereocenters. The minimum atomic E-state index is -4.50. The molecule has 1 saturated heterocycles. The molecule has 2 rings (SSSR count). The second kappa shape index (κ2) is 5.67. The summed E-state index contributed by atoms with van der Waals surface area (Å²) in [6.07, 6.45) is -2.74. The lowest BCUT2D eigenvalue weighted by Gasteiger charge is -2.26. The summed E-state index contributed by atoms with van der Waals surface area (Å²) >= 11 is 0. The highest BCUT2D eigenvalue weighted by molar-refractivity contribution is 5.56. The second-order valence-corrected chi connectivity index (χ2v) is 4.72. The van der Waals surface area contributed by atoms with Crippen LogP contribution in [0.15, 0.2) is 12.1 Å². The molecule has 7 heteroatoms. The molecule has 0 aliphatic carbocycles. The van der Waals surface area contributed by atoms with Crippen LogP contribution < -0.4 is 10.2 Å². The molecule has 4 nitrogen and oxygen atoms in total. The first-order valence-corrected chi connectivity index (χ1v) is 6.37. The third-order valence-electron chi connectivity index (χ3n) is 3.37. The van der Waals surface area contributed by atoms with Crippen LogP contribution in [0.2, 0.25) is 0 Å². The molecule has 1 fully saturated rings. The van der Waals surface area contributed by atoms with Crippen molar-refractivity contribution in [3.05, 3.63) is 23.4 Å². The van der Waals surface area contributed by atoms with Crippen molar-refractivity contribution in [2.24, 2.45) is 0 Å². The summed E-state index contributed by atoms with van der Waals surface area (Å²) in [5.74, 6) is 0.139. The highest BCUT2D eigenvalue weighted by Crippen LogP contribution is 2.32. The first kappa shape index (κ1) is 14.6. The molecule has 0 radical (unpaired) electrons. The van der Waals surface area contributed by atoms with E-state index in [1.807, 2.05) is 6.07 Å². The summed E-state index contributed by atoms with van der Waals surface area (Å²) in [7, 11) is 1.79. The fourth-order valence-electron chi connectivity index (χ4n) is 2.47. The highest BCUT2D eigenvalue weighted by Gasteiger charge is 2.35. The molecule has 1 aliphatic heterocycles. The van der Waals surface area contributed by atoms with E-state index in [4.69, 9.17) is 5.26 Å². The molecule has 0 saturated carbocycles. The third kappa shape index (κ3) is 2.85. The van der Waals surface area contributed by atoms with Crippen LogP contribution in [0.5, 0.6) is 0 Å². The molecular weight excluding hydrogens is 269 g/mol. The normalized spacial score (nSPS) is 19.1. The number of anilines is 1. The Hall–Kier alpha value is -1.81. The van der Waals surface area contributed by atoms with Crippen LogP contribution >= 0.6 is 0 Å². The SMILES string of the molecule is CNCC1CCCN1c1nc(C(F)(F)F)ccc1C#N. The number of rotatable bonds is 3. The average molecular weight is 284 g/mol. The Labute approximate surface area is 115 Å². The van der Waals surface area contributed by atoms with Crippen molar-refractivity contribution in [3.63, 3.8) is 0 Å². The van der Waals surface area contributed by atoms with Crippen LogP contribution in [0, 0.1) is 11.3 Å². The van der Waals surface area contributed by atoms with Crippen molar-refractivity contribution in [2.45, 2.75) is 25.1 Å².